The van der Waals surface area contributed by atoms with Gasteiger partial charge in [0.05, 0.1) is 17.6 Å². The second-order valence-corrected chi connectivity index (χ2v) is 8.67. The SMILES string of the molecule is CCCCc1nc(C)n(-c2ccoc2)c(=O)c1Cc1ccc(-c2ccccc2-c2noc(=O)[nH]2)cc1.[H-].[Na+]. The van der Waals surface area contributed by atoms with E-state index < -0.39 is 5.76 Å². The summed E-state index contributed by atoms with van der Waals surface area (Å²) in [5.74, 6) is 0.432. The summed E-state index contributed by atoms with van der Waals surface area (Å²) in [7, 11) is 0. The summed E-state index contributed by atoms with van der Waals surface area (Å²) < 4.78 is 11.5. The number of aromatic nitrogens is 4. The van der Waals surface area contributed by atoms with Crippen LogP contribution in [-0.4, -0.2) is 19.7 Å². The summed E-state index contributed by atoms with van der Waals surface area (Å²) in [5, 5.41) is 3.83. The van der Waals surface area contributed by atoms with Crippen molar-refractivity contribution in [1.29, 1.82) is 0 Å². The third-order valence-corrected chi connectivity index (χ3v) is 6.23. The Hall–Kier alpha value is -3.46. The van der Waals surface area contributed by atoms with Crippen LogP contribution in [0.4, 0.5) is 0 Å². The fourth-order valence-electron chi connectivity index (χ4n) is 4.43. The van der Waals surface area contributed by atoms with Gasteiger partial charge < -0.3 is 5.84 Å². The quantitative estimate of drug-likeness (QED) is 0.324. The van der Waals surface area contributed by atoms with Crippen molar-refractivity contribution in [3.8, 4) is 28.2 Å². The zero-order chi connectivity index (χ0) is 25.1. The molecule has 2 aromatic carbocycles. The first-order valence-corrected chi connectivity index (χ1v) is 11.9. The molecule has 3 aromatic heterocycles. The monoisotopic (exact) mass is 506 g/mol. The van der Waals surface area contributed by atoms with Gasteiger partial charge in [-0.05, 0) is 36.5 Å². The van der Waals surface area contributed by atoms with Gasteiger partial charge in [-0.1, -0.05) is 67.0 Å². The maximum absolute atomic E-state index is 13.6. The van der Waals surface area contributed by atoms with Crippen LogP contribution < -0.4 is 40.9 Å². The first-order valence-electron chi connectivity index (χ1n) is 11.9. The molecule has 3 heterocycles. The molecule has 0 aliphatic heterocycles. The molecule has 37 heavy (non-hydrogen) atoms. The van der Waals surface area contributed by atoms with E-state index in [9.17, 15) is 9.59 Å². The minimum Gasteiger partial charge on any atom is -1.00 e. The van der Waals surface area contributed by atoms with Gasteiger partial charge in [-0.15, -0.1) is 0 Å². The van der Waals surface area contributed by atoms with Gasteiger partial charge in [-0.25, -0.2) is 9.78 Å². The predicted octanol–water partition coefficient (Wildman–Crippen LogP) is 2.19. The average Bonchev–Trinajstić information content (AvgIpc) is 3.57. The Morgan fingerprint density at radius 1 is 1.03 bits per heavy atom. The van der Waals surface area contributed by atoms with Crippen molar-refractivity contribution in [2.24, 2.45) is 0 Å². The number of nitrogens with zero attached hydrogens (tertiary/aromatic N) is 3. The number of H-pyrrole nitrogens is 1. The molecular formula is C28H27N4NaO4. The van der Waals surface area contributed by atoms with E-state index in [-0.39, 0.29) is 36.5 Å². The van der Waals surface area contributed by atoms with Crippen molar-refractivity contribution in [3.05, 3.63) is 111 Å². The Labute approximate surface area is 237 Å². The fraction of sp³-hybridized carbons (Fsp3) is 0.214. The van der Waals surface area contributed by atoms with Gasteiger partial charge in [0, 0.05) is 23.6 Å². The zero-order valence-corrected chi connectivity index (χ0v) is 23.2. The molecule has 0 unspecified atom stereocenters. The van der Waals surface area contributed by atoms with E-state index in [4.69, 9.17) is 9.40 Å². The molecule has 0 aliphatic rings. The van der Waals surface area contributed by atoms with Crippen LogP contribution in [0.5, 0.6) is 0 Å². The van der Waals surface area contributed by atoms with Crippen molar-refractivity contribution in [3.63, 3.8) is 0 Å². The van der Waals surface area contributed by atoms with Gasteiger partial charge >= 0.3 is 35.3 Å². The summed E-state index contributed by atoms with van der Waals surface area (Å²) >= 11 is 0. The molecule has 9 heteroatoms. The molecular weight excluding hydrogens is 479 g/mol. The Bertz CT molecular complexity index is 1610. The van der Waals surface area contributed by atoms with Crippen molar-refractivity contribution in [1.82, 2.24) is 19.7 Å². The summed E-state index contributed by atoms with van der Waals surface area (Å²) in [5.41, 5.74) is 5.80. The smallest absolute Gasteiger partial charge is 1.00 e. The van der Waals surface area contributed by atoms with E-state index in [1.807, 2.05) is 55.5 Å². The van der Waals surface area contributed by atoms with Crippen LogP contribution in [0.2, 0.25) is 0 Å². The van der Waals surface area contributed by atoms with Crippen LogP contribution in [0.25, 0.3) is 28.2 Å². The standard InChI is InChI=1S/C28H26N4O4.Na.H/c1-3-4-9-25-24(27(33)32(18(2)29-25)21-14-15-35-17-21)16-19-10-12-20(13-11-19)22-7-5-6-8-23(22)26-30-28(34)36-31-26;;/h5-8,10-15,17H,3-4,9,16H2,1-2H3,(H,30,31,34);;/q;+1;-1. The first kappa shape index (κ1) is 26.6. The van der Waals surface area contributed by atoms with Crippen LogP contribution >= 0.6 is 0 Å². The van der Waals surface area contributed by atoms with E-state index in [2.05, 4.69) is 21.6 Å². The minimum absolute atomic E-state index is 0. The molecule has 5 rings (SSSR count). The molecule has 5 aromatic rings. The van der Waals surface area contributed by atoms with Crippen molar-refractivity contribution >= 4 is 0 Å². The number of nitrogens with one attached hydrogen (secondary N) is 1. The maximum atomic E-state index is 13.6. The molecule has 1 N–H and O–H groups in total. The maximum Gasteiger partial charge on any atom is 1.00 e. The van der Waals surface area contributed by atoms with E-state index in [1.54, 1.807) is 23.2 Å². The zero-order valence-electron chi connectivity index (χ0n) is 22.2. The van der Waals surface area contributed by atoms with Gasteiger partial charge in [0.25, 0.3) is 5.56 Å². The van der Waals surface area contributed by atoms with Gasteiger partial charge in [0.1, 0.15) is 12.1 Å². The Morgan fingerprint density at radius 2 is 1.78 bits per heavy atom. The molecule has 184 valence electrons. The number of hydrogen-bond donors (Lipinski definition) is 1. The largest absolute Gasteiger partial charge is 1.00 e. The van der Waals surface area contributed by atoms with E-state index in [0.29, 0.717) is 29.3 Å². The average molecular weight is 507 g/mol. The fourth-order valence-corrected chi connectivity index (χ4v) is 4.43. The Morgan fingerprint density at radius 3 is 2.43 bits per heavy atom. The van der Waals surface area contributed by atoms with E-state index >= 15 is 0 Å². The molecule has 0 saturated carbocycles. The van der Waals surface area contributed by atoms with E-state index in [0.717, 1.165) is 47.2 Å². The van der Waals surface area contributed by atoms with Gasteiger partial charge in [-0.2, -0.15) is 0 Å². The van der Waals surface area contributed by atoms with Gasteiger partial charge in [-0.3, -0.25) is 18.9 Å². The first-order chi connectivity index (χ1) is 17.5. The summed E-state index contributed by atoms with van der Waals surface area (Å²) in [4.78, 5) is 32.5. The van der Waals surface area contributed by atoms with Gasteiger partial charge in [0.15, 0.2) is 5.82 Å². The molecule has 0 spiro atoms. The Balaban J connectivity index is 0.00000200. The number of unbranched alkanes of at least 4 members (excludes halogenated alkanes) is 1. The summed E-state index contributed by atoms with van der Waals surface area (Å²) in [6.45, 7) is 3.98. The van der Waals surface area contributed by atoms with E-state index in [1.165, 1.54) is 0 Å². The van der Waals surface area contributed by atoms with Crippen LogP contribution in [0.3, 0.4) is 0 Å². The van der Waals surface area contributed by atoms with Crippen LogP contribution in [0, 0.1) is 6.92 Å². The molecule has 0 radical (unpaired) electrons. The summed E-state index contributed by atoms with van der Waals surface area (Å²) in [6.07, 6.45) is 6.33. The number of aromatic amines is 1. The van der Waals surface area contributed by atoms with Crippen LogP contribution in [-0.2, 0) is 12.8 Å². The second-order valence-electron chi connectivity index (χ2n) is 8.67. The van der Waals surface area contributed by atoms with Crippen LogP contribution in [0.15, 0.2) is 85.7 Å². The van der Waals surface area contributed by atoms with Crippen molar-refractivity contribution in [2.75, 3.05) is 0 Å². The summed E-state index contributed by atoms with van der Waals surface area (Å²) in [6, 6.07) is 17.5. The Kier molecular flexibility index (Phi) is 8.43. The van der Waals surface area contributed by atoms with Crippen LogP contribution in [0.1, 0.15) is 43.8 Å². The van der Waals surface area contributed by atoms with Crippen molar-refractivity contribution in [2.45, 2.75) is 39.5 Å². The number of furan rings is 1. The molecule has 0 aliphatic carbocycles. The molecule has 0 bridgehead atoms. The molecule has 0 amide bonds. The van der Waals surface area contributed by atoms with Crippen molar-refractivity contribution < 1.29 is 39.9 Å². The topological polar surface area (TPSA) is 107 Å². The second kappa shape index (κ2) is 11.7. The number of rotatable bonds is 8. The molecule has 8 nitrogen and oxygen atoms in total. The normalized spacial score (nSPS) is 10.9. The molecule has 0 fully saturated rings. The number of benzene rings is 2. The third-order valence-electron chi connectivity index (χ3n) is 6.23. The third kappa shape index (κ3) is 5.61. The number of hydrogen-bond acceptors (Lipinski definition) is 6. The molecule has 0 saturated heterocycles. The molecule has 0 atom stereocenters. The van der Waals surface area contributed by atoms with Gasteiger partial charge in [0.2, 0.25) is 0 Å². The number of aryl methyl sites for hydroxylation is 2. The predicted molar refractivity (Wildman–Crippen MR) is 137 cm³/mol. The minimum atomic E-state index is -0.596.